The molecule has 0 amide bonds. The number of hydrogen-bond acceptors (Lipinski definition) is 1. The average Bonchev–Trinajstić information content (AvgIpc) is 2.49. The first-order valence-corrected chi connectivity index (χ1v) is 7.68. The van der Waals surface area contributed by atoms with Crippen LogP contribution in [-0.2, 0) is 6.42 Å². The van der Waals surface area contributed by atoms with Crippen LogP contribution in [0.5, 0.6) is 11.5 Å². The lowest BCUT2D eigenvalue weighted by Crippen LogP contribution is -1.98. The molecule has 1 heteroatoms. The second-order valence-corrected chi connectivity index (χ2v) is 5.52. The van der Waals surface area contributed by atoms with Crippen LogP contribution in [-0.4, -0.2) is 0 Å². The van der Waals surface area contributed by atoms with Crippen molar-refractivity contribution in [2.45, 2.75) is 33.6 Å². The summed E-state index contributed by atoms with van der Waals surface area (Å²) in [5.41, 5.74) is 2.68. The SMILES string of the molecule is CC/C=C\C(C)Cc1ccc(Oc2ccccc2)cc1C. The zero-order chi connectivity index (χ0) is 15.1. The van der Waals surface area contributed by atoms with Crippen LogP contribution in [0.1, 0.15) is 31.4 Å². The quantitative estimate of drug-likeness (QED) is 0.596. The maximum absolute atomic E-state index is 5.87. The van der Waals surface area contributed by atoms with E-state index in [1.165, 1.54) is 11.1 Å². The third-order valence-corrected chi connectivity index (χ3v) is 3.54. The Balaban J connectivity index is 2.05. The van der Waals surface area contributed by atoms with Crippen LogP contribution in [0.25, 0.3) is 0 Å². The standard InChI is InChI=1S/C20H24O/c1-4-5-9-16(2)14-18-12-13-20(15-17(18)3)21-19-10-7-6-8-11-19/h5-13,15-16H,4,14H2,1-3H3/b9-5-. The molecule has 1 unspecified atom stereocenters. The van der Waals surface area contributed by atoms with E-state index in [0.717, 1.165) is 24.3 Å². The van der Waals surface area contributed by atoms with Gasteiger partial charge >= 0.3 is 0 Å². The van der Waals surface area contributed by atoms with Gasteiger partial charge in [0.1, 0.15) is 11.5 Å². The first kappa shape index (κ1) is 15.4. The van der Waals surface area contributed by atoms with E-state index in [1.54, 1.807) is 0 Å². The number of para-hydroxylation sites is 1. The van der Waals surface area contributed by atoms with Crippen molar-refractivity contribution in [3.8, 4) is 11.5 Å². The Kier molecular flexibility index (Phi) is 5.62. The van der Waals surface area contributed by atoms with E-state index in [1.807, 2.05) is 30.3 Å². The summed E-state index contributed by atoms with van der Waals surface area (Å²) in [7, 11) is 0. The lowest BCUT2D eigenvalue weighted by atomic mass is 9.97. The Labute approximate surface area is 128 Å². The molecule has 2 aromatic rings. The molecule has 0 saturated carbocycles. The first-order valence-electron chi connectivity index (χ1n) is 7.68. The normalized spacial score (nSPS) is 12.5. The van der Waals surface area contributed by atoms with E-state index in [2.05, 4.69) is 51.1 Å². The van der Waals surface area contributed by atoms with Crippen LogP contribution < -0.4 is 4.74 Å². The summed E-state index contributed by atoms with van der Waals surface area (Å²) in [6, 6.07) is 16.3. The molecule has 0 aliphatic carbocycles. The largest absolute Gasteiger partial charge is 0.457 e. The first-order chi connectivity index (χ1) is 10.2. The third-order valence-electron chi connectivity index (χ3n) is 3.54. The minimum atomic E-state index is 0.574. The van der Waals surface area contributed by atoms with Gasteiger partial charge in [-0.3, -0.25) is 0 Å². The van der Waals surface area contributed by atoms with Gasteiger partial charge in [0.2, 0.25) is 0 Å². The molecule has 0 spiro atoms. The number of hydrogen-bond donors (Lipinski definition) is 0. The van der Waals surface area contributed by atoms with Crippen molar-refractivity contribution >= 4 is 0 Å². The predicted molar refractivity (Wildman–Crippen MR) is 90.0 cm³/mol. The van der Waals surface area contributed by atoms with Gasteiger partial charge in [-0.15, -0.1) is 0 Å². The zero-order valence-electron chi connectivity index (χ0n) is 13.2. The van der Waals surface area contributed by atoms with E-state index < -0.39 is 0 Å². The van der Waals surface area contributed by atoms with Gasteiger partial charge in [0.05, 0.1) is 0 Å². The van der Waals surface area contributed by atoms with Gasteiger partial charge in [-0.2, -0.15) is 0 Å². The van der Waals surface area contributed by atoms with Crippen LogP contribution in [0.4, 0.5) is 0 Å². The molecule has 0 fully saturated rings. The van der Waals surface area contributed by atoms with Crippen molar-refractivity contribution in [2.24, 2.45) is 5.92 Å². The van der Waals surface area contributed by atoms with Gasteiger partial charge < -0.3 is 4.74 Å². The summed E-state index contributed by atoms with van der Waals surface area (Å²) in [5.74, 6) is 2.35. The number of ether oxygens (including phenoxy) is 1. The van der Waals surface area contributed by atoms with E-state index in [4.69, 9.17) is 4.74 Å². The molecule has 2 rings (SSSR count). The zero-order valence-corrected chi connectivity index (χ0v) is 13.2. The third kappa shape index (κ3) is 4.78. The summed E-state index contributed by atoms with van der Waals surface area (Å²) < 4.78 is 5.87. The van der Waals surface area contributed by atoms with Gasteiger partial charge in [0.25, 0.3) is 0 Å². The van der Waals surface area contributed by atoms with Crippen LogP contribution in [0.3, 0.4) is 0 Å². The molecule has 1 atom stereocenters. The number of rotatable bonds is 6. The summed E-state index contributed by atoms with van der Waals surface area (Å²) in [6.45, 7) is 6.59. The van der Waals surface area contributed by atoms with Crippen molar-refractivity contribution in [3.05, 3.63) is 71.8 Å². The van der Waals surface area contributed by atoms with Crippen molar-refractivity contribution in [1.82, 2.24) is 0 Å². The highest BCUT2D eigenvalue weighted by Gasteiger charge is 2.05. The molecule has 1 nitrogen and oxygen atoms in total. The summed E-state index contributed by atoms with van der Waals surface area (Å²) in [5, 5.41) is 0. The van der Waals surface area contributed by atoms with Gasteiger partial charge in [-0.05, 0) is 61.1 Å². The van der Waals surface area contributed by atoms with Gasteiger partial charge in [-0.25, -0.2) is 0 Å². The lowest BCUT2D eigenvalue weighted by Gasteiger charge is -2.12. The molecular formula is C20H24O. The Morgan fingerprint density at radius 3 is 2.48 bits per heavy atom. The second kappa shape index (κ2) is 7.68. The fourth-order valence-electron chi connectivity index (χ4n) is 2.37. The highest BCUT2D eigenvalue weighted by Crippen LogP contribution is 2.25. The molecule has 0 radical (unpaired) electrons. The van der Waals surface area contributed by atoms with Crippen LogP contribution in [0, 0.1) is 12.8 Å². The summed E-state index contributed by atoms with van der Waals surface area (Å²) >= 11 is 0. The molecule has 0 N–H and O–H groups in total. The van der Waals surface area contributed by atoms with Gasteiger partial charge in [-0.1, -0.05) is 50.3 Å². The molecule has 21 heavy (non-hydrogen) atoms. The van der Waals surface area contributed by atoms with E-state index in [-0.39, 0.29) is 0 Å². The fraction of sp³-hybridized carbons (Fsp3) is 0.300. The minimum absolute atomic E-state index is 0.574. The van der Waals surface area contributed by atoms with Crippen molar-refractivity contribution < 1.29 is 4.74 Å². The second-order valence-electron chi connectivity index (χ2n) is 5.52. The molecule has 0 aromatic heterocycles. The Bertz CT molecular complexity index is 584. The smallest absolute Gasteiger partial charge is 0.127 e. The topological polar surface area (TPSA) is 9.23 Å². The lowest BCUT2D eigenvalue weighted by molar-refractivity contribution is 0.482. The number of allylic oxidation sites excluding steroid dienone is 2. The highest BCUT2D eigenvalue weighted by molar-refractivity contribution is 5.38. The highest BCUT2D eigenvalue weighted by atomic mass is 16.5. The predicted octanol–water partition coefficient (Wildman–Crippen LogP) is 5.93. The molecular weight excluding hydrogens is 256 g/mol. The summed E-state index contributed by atoms with van der Waals surface area (Å²) in [6.07, 6.45) is 6.72. The van der Waals surface area contributed by atoms with Crippen molar-refractivity contribution in [3.63, 3.8) is 0 Å². The molecule has 0 aliphatic rings. The summed E-state index contributed by atoms with van der Waals surface area (Å²) in [4.78, 5) is 0. The van der Waals surface area contributed by atoms with Crippen LogP contribution in [0.15, 0.2) is 60.7 Å². The van der Waals surface area contributed by atoms with Crippen LogP contribution in [0.2, 0.25) is 0 Å². The van der Waals surface area contributed by atoms with E-state index in [0.29, 0.717) is 5.92 Å². The molecule has 0 bridgehead atoms. The maximum Gasteiger partial charge on any atom is 0.127 e. The maximum atomic E-state index is 5.87. The Hall–Kier alpha value is -2.02. The number of aryl methyl sites for hydroxylation is 1. The molecule has 2 aromatic carbocycles. The van der Waals surface area contributed by atoms with Crippen LogP contribution >= 0.6 is 0 Å². The van der Waals surface area contributed by atoms with Gasteiger partial charge in [0, 0.05) is 0 Å². The Morgan fingerprint density at radius 2 is 1.81 bits per heavy atom. The fourth-order valence-corrected chi connectivity index (χ4v) is 2.37. The average molecular weight is 280 g/mol. The van der Waals surface area contributed by atoms with Gasteiger partial charge in [0.15, 0.2) is 0 Å². The minimum Gasteiger partial charge on any atom is -0.457 e. The molecule has 0 heterocycles. The van der Waals surface area contributed by atoms with E-state index in [9.17, 15) is 0 Å². The molecule has 0 aliphatic heterocycles. The van der Waals surface area contributed by atoms with Crippen molar-refractivity contribution in [2.75, 3.05) is 0 Å². The van der Waals surface area contributed by atoms with E-state index >= 15 is 0 Å². The molecule has 0 saturated heterocycles. The van der Waals surface area contributed by atoms with Crippen molar-refractivity contribution in [1.29, 1.82) is 0 Å². The molecule has 110 valence electrons. The number of benzene rings is 2. The monoisotopic (exact) mass is 280 g/mol. The Morgan fingerprint density at radius 1 is 1.05 bits per heavy atom.